The Balaban J connectivity index is 0.00000520. The fourth-order valence-corrected chi connectivity index (χ4v) is 10.7. The molecule has 5 N–H and O–H groups in total. The number of fused-ring (bicyclic) bond motifs is 4. The van der Waals surface area contributed by atoms with Crippen molar-refractivity contribution in [3.05, 3.63) is 53.3 Å². The number of nitrogens with two attached hydrogens (primary N) is 2. The summed E-state index contributed by atoms with van der Waals surface area (Å²) in [7, 11) is -9.02. The number of nitrogens with zero attached hydrogens (tertiary/aromatic N) is 4. The van der Waals surface area contributed by atoms with E-state index in [9.17, 15) is 22.3 Å². The molecule has 6 rings (SSSR count). The molecule has 3 aromatic rings. The van der Waals surface area contributed by atoms with E-state index < -0.39 is 29.7 Å². The van der Waals surface area contributed by atoms with Gasteiger partial charge in [0, 0.05) is 35.5 Å². The zero-order valence-electron chi connectivity index (χ0n) is 26.6. The van der Waals surface area contributed by atoms with Crippen molar-refractivity contribution >= 4 is 45.0 Å². The van der Waals surface area contributed by atoms with Crippen molar-refractivity contribution in [2.75, 3.05) is 71.8 Å². The topological polar surface area (TPSA) is 193 Å². The SMILES string of the molecule is Cc1c(S(=O)(=O)NCP(=O)([O-])Oc2ccc(C#N)c(F)c2)sc2ccc(OCCC[N+]34CC[N+](CCCN=C(N)N)(CC3)CC4)cc12.[Cl-]. The number of hydrogen-bond donors (Lipinski definition) is 3. The number of hydrogen-bond acceptors (Lipinski definition) is 9. The summed E-state index contributed by atoms with van der Waals surface area (Å²) in [5, 5.41) is 9.53. The fourth-order valence-electron chi connectivity index (χ4n) is 6.41. The lowest BCUT2D eigenvalue weighted by molar-refractivity contribution is -1.08. The number of piperazine rings is 3. The average Bonchev–Trinajstić information content (AvgIpc) is 3.38. The number of sulfonamides is 1. The third kappa shape index (κ3) is 8.96. The molecule has 4 heterocycles. The Hall–Kier alpha value is -3.00. The summed E-state index contributed by atoms with van der Waals surface area (Å²) in [6, 6.07) is 9.97. The van der Waals surface area contributed by atoms with Crippen molar-refractivity contribution in [1.82, 2.24) is 4.72 Å². The second-order valence-electron chi connectivity index (χ2n) is 12.3. The molecule has 1 atom stereocenters. The molecule has 1 unspecified atom stereocenters. The van der Waals surface area contributed by atoms with Crippen LogP contribution in [-0.4, -0.2) is 95.1 Å². The van der Waals surface area contributed by atoms with Gasteiger partial charge in [-0.3, -0.25) is 9.56 Å². The van der Waals surface area contributed by atoms with Gasteiger partial charge in [0.05, 0.1) is 31.5 Å². The van der Waals surface area contributed by atoms with Crippen molar-refractivity contribution in [3.63, 3.8) is 0 Å². The van der Waals surface area contributed by atoms with E-state index in [2.05, 4.69) is 9.71 Å². The van der Waals surface area contributed by atoms with Crippen LogP contribution in [-0.2, 0) is 14.6 Å². The molecule has 3 aliphatic rings. The van der Waals surface area contributed by atoms with E-state index >= 15 is 0 Å². The number of nitrogens with one attached hydrogen (secondary N) is 1. The maximum absolute atomic E-state index is 13.8. The van der Waals surface area contributed by atoms with Crippen LogP contribution < -0.4 is 42.8 Å². The summed E-state index contributed by atoms with van der Waals surface area (Å²) in [5.74, 6) is -0.534. The molecular formula is C30H40ClFN7O6PS2. The normalized spacial score (nSPS) is 21.5. The van der Waals surface area contributed by atoms with E-state index in [0.29, 0.717) is 34.6 Å². The van der Waals surface area contributed by atoms with Crippen LogP contribution in [0.5, 0.6) is 11.5 Å². The molecular weight excluding hydrogens is 704 g/mol. The molecule has 3 fully saturated rings. The largest absolute Gasteiger partial charge is 1.00 e. The first-order chi connectivity index (χ1) is 22.2. The summed E-state index contributed by atoms with van der Waals surface area (Å²) in [5.41, 5.74) is 11.1. The maximum Gasteiger partial charge on any atom is 0.250 e. The van der Waals surface area contributed by atoms with Crippen LogP contribution in [0.4, 0.5) is 4.39 Å². The minimum absolute atomic E-state index is 0. The van der Waals surface area contributed by atoms with Gasteiger partial charge in [0.25, 0.3) is 10.0 Å². The van der Waals surface area contributed by atoms with Crippen LogP contribution in [0.3, 0.4) is 0 Å². The molecule has 0 aliphatic carbocycles. The Morgan fingerprint density at radius 2 is 1.71 bits per heavy atom. The Labute approximate surface area is 290 Å². The van der Waals surface area contributed by atoms with Gasteiger partial charge in [-0.25, -0.2) is 17.5 Å². The summed E-state index contributed by atoms with van der Waals surface area (Å²) in [6.45, 7) is 12.0. The van der Waals surface area contributed by atoms with E-state index in [0.717, 1.165) is 84.1 Å². The number of ether oxygens (including phenoxy) is 1. The first kappa shape index (κ1) is 37.8. The highest BCUT2D eigenvalue weighted by Crippen LogP contribution is 2.40. The lowest BCUT2D eigenvalue weighted by Crippen LogP contribution is -3.00. The van der Waals surface area contributed by atoms with Gasteiger partial charge in [0.15, 0.2) is 13.6 Å². The van der Waals surface area contributed by atoms with E-state index in [1.54, 1.807) is 25.1 Å². The molecule has 2 aromatic carbocycles. The summed E-state index contributed by atoms with van der Waals surface area (Å²) < 4.78 is 68.5. The van der Waals surface area contributed by atoms with Gasteiger partial charge in [-0.05, 0) is 42.8 Å². The van der Waals surface area contributed by atoms with Gasteiger partial charge < -0.3 is 47.0 Å². The van der Waals surface area contributed by atoms with Gasteiger partial charge >= 0.3 is 0 Å². The van der Waals surface area contributed by atoms with Gasteiger partial charge in [0.1, 0.15) is 66.9 Å². The minimum Gasteiger partial charge on any atom is -1.00 e. The predicted molar refractivity (Wildman–Crippen MR) is 176 cm³/mol. The van der Waals surface area contributed by atoms with E-state index in [1.807, 2.05) is 6.07 Å². The Kier molecular flexibility index (Phi) is 12.0. The van der Waals surface area contributed by atoms with Crippen molar-refractivity contribution in [2.24, 2.45) is 16.5 Å². The highest BCUT2D eigenvalue weighted by Gasteiger charge is 2.48. The number of guanidine groups is 1. The molecule has 262 valence electrons. The van der Waals surface area contributed by atoms with Crippen molar-refractivity contribution in [1.29, 1.82) is 5.26 Å². The first-order valence-corrected chi connectivity index (χ1v) is 19.4. The number of quaternary nitrogens is 2. The first-order valence-electron chi connectivity index (χ1n) is 15.3. The molecule has 0 radical (unpaired) electrons. The number of benzene rings is 2. The highest BCUT2D eigenvalue weighted by molar-refractivity contribution is 7.92. The number of nitriles is 1. The number of halogens is 2. The second kappa shape index (κ2) is 15.3. The van der Waals surface area contributed by atoms with Gasteiger partial charge in [0.2, 0.25) is 0 Å². The van der Waals surface area contributed by atoms with E-state index in [4.69, 9.17) is 26.0 Å². The highest BCUT2D eigenvalue weighted by atomic mass is 35.5. The third-order valence-corrected chi connectivity index (χ3v) is 13.7. The van der Waals surface area contributed by atoms with Crippen molar-refractivity contribution < 1.29 is 52.9 Å². The molecule has 48 heavy (non-hydrogen) atoms. The number of aryl methyl sites for hydroxylation is 1. The van der Waals surface area contributed by atoms with Crippen LogP contribution in [0.15, 0.2) is 45.6 Å². The van der Waals surface area contributed by atoms with Crippen LogP contribution in [0, 0.1) is 24.1 Å². The number of thiophene rings is 1. The standard InChI is InChI=1S/C30H40FN7O6PS2.ClH/c1-22-26-18-24(43-17-3-10-38-14-11-37(12-15-38,13-16-38)9-2-8-35-30(33)34)6-7-28(26)46-29(22)47(41,42)36-21-45(39,40)44-25-5-4-23(20-32)27(31)19-25;/h4-7,18-19,36H,2-3,8-17,21H2,1H3,(H4-,33,34,35,39,40);1H/q+1;/p-1. The molecule has 3 aliphatic heterocycles. The Morgan fingerprint density at radius 1 is 1.08 bits per heavy atom. The monoisotopic (exact) mass is 743 g/mol. The second-order valence-corrected chi connectivity index (χ2v) is 17.0. The number of aliphatic imine (C=N–C) groups is 1. The number of rotatable bonds is 15. The molecule has 18 heteroatoms. The van der Waals surface area contributed by atoms with Crippen LogP contribution in [0.1, 0.15) is 24.0 Å². The van der Waals surface area contributed by atoms with Crippen LogP contribution >= 0.6 is 18.9 Å². The molecule has 1 aromatic heterocycles. The molecule has 2 bridgehead atoms. The molecule has 0 saturated carbocycles. The lowest BCUT2D eigenvalue weighted by atomic mass is 10.1. The van der Waals surface area contributed by atoms with Crippen molar-refractivity contribution in [3.8, 4) is 17.6 Å². The van der Waals surface area contributed by atoms with E-state index in [-0.39, 0.29) is 33.9 Å². The van der Waals surface area contributed by atoms with Crippen LogP contribution in [0.25, 0.3) is 10.1 Å². The van der Waals surface area contributed by atoms with Gasteiger partial charge in [-0.2, -0.15) is 5.26 Å². The van der Waals surface area contributed by atoms with Crippen LogP contribution in [0.2, 0.25) is 0 Å². The Morgan fingerprint density at radius 3 is 2.31 bits per heavy atom. The smallest absolute Gasteiger partial charge is 0.250 e. The minimum atomic E-state index is -4.80. The molecule has 0 amide bonds. The van der Waals surface area contributed by atoms with Gasteiger partial charge in [-0.1, -0.05) is 0 Å². The maximum atomic E-state index is 13.8. The zero-order valence-corrected chi connectivity index (χ0v) is 29.9. The zero-order chi connectivity index (χ0) is 33.9. The lowest BCUT2D eigenvalue weighted by Gasteiger charge is -2.55. The quantitative estimate of drug-likeness (QED) is 0.0587. The average molecular weight is 744 g/mol. The fraction of sp³-hybridized carbons (Fsp3) is 0.467. The summed E-state index contributed by atoms with van der Waals surface area (Å²) in [4.78, 5) is 16.6. The molecule has 13 nitrogen and oxygen atoms in total. The van der Waals surface area contributed by atoms with Gasteiger partial charge in [-0.15, -0.1) is 11.3 Å². The predicted octanol–water partition coefficient (Wildman–Crippen LogP) is -0.814. The summed E-state index contributed by atoms with van der Waals surface area (Å²) >= 11 is 1.02. The molecule has 3 saturated heterocycles. The summed E-state index contributed by atoms with van der Waals surface area (Å²) in [6.07, 6.45) is 0.852. The Bertz CT molecular complexity index is 1840. The molecule has 0 spiro atoms. The van der Waals surface area contributed by atoms with E-state index in [1.165, 1.54) is 19.6 Å². The van der Waals surface area contributed by atoms with Crippen molar-refractivity contribution in [2.45, 2.75) is 24.0 Å². The third-order valence-electron chi connectivity index (χ3n) is 9.14.